The SMILES string of the molecule is COc1ccccc1CNc1ccc(CC(CN)C(N)=O)cc1.Cl.Cl. The van der Waals surface area contributed by atoms with Gasteiger partial charge < -0.3 is 21.5 Å². The molecule has 0 aliphatic rings. The second-order valence-corrected chi connectivity index (χ2v) is 5.40. The average Bonchev–Trinajstić information content (AvgIpc) is 2.58. The van der Waals surface area contributed by atoms with Gasteiger partial charge in [0.15, 0.2) is 0 Å². The van der Waals surface area contributed by atoms with Crippen LogP contribution in [0.1, 0.15) is 11.1 Å². The number of carbonyl (C=O) groups is 1. The van der Waals surface area contributed by atoms with Gasteiger partial charge in [-0.05, 0) is 30.2 Å². The molecule has 0 aliphatic heterocycles. The van der Waals surface area contributed by atoms with Crippen LogP contribution >= 0.6 is 24.8 Å². The maximum absolute atomic E-state index is 11.2. The zero-order valence-electron chi connectivity index (χ0n) is 14.1. The first kappa shape index (κ1) is 23.1. The normalized spacial score (nSPS) is 10.8. The third kappa shape index (κ3) is 6.82. The smallest absolute Gasteiger partial charge is 0.222 e. The van der Waals surface area contributed by atoms with Crippen molar-refractivity contribution in [2.75, 3.05) is 19.0 Å². The maximum Gasteiger partial charge on any atom is 0.222 e. The number of ether oxygens (including phenoxy) is 1. The molecule has 0 aliphatic carbocycles. The van der Waals surface area contributed by atoms with Crippen LogP contribution in [0.25, 0.3) is 0 Å². The number of nitrogens with one attached hydrogen (secondary N) is 1. The van der Waals surface area contributed by atoms with E-state index in [2.05, 4.69) is 5.32 Å². The van der Waals surface area contributed by atoms with Crippen molar-refractivity contribution in [1.82, 2.24) is 0 Å². The van der Waals surface area contributed by atoms with E-state index in [0.29, 0.717) is 13.0 Å². The zero-order chi connectivity index (χ0) is 16.7. The Morgan fingerprint density at radius 2 is 1.76 bits per heavy atom. The monoisotopic (exact) mass is 385 g/mol. The molecule has 0 bridgehead atoms. The van der Waals surface area contributed by atoms with E-state index in [1.165, 1.54) is 0 Å². The quantitative estimate of drug-likeness (QED) is 0.651. The number of amides is 1. The molecule has 0 radical (unpaired) electrons. The van der Waals surface area contributed by atoms with Crippen LogP contribution in [-0.4, -0.2) is 19.6 Å². The zero-order valence-corrected chi connectivity index (χ0v) is 15.7. The highest BCUT2D eigenvalue weighted by Gasteiger charge is 2.13. The Bertz CT molecular complexity index is 651. The highest BCUT2D eigenvalue weighted by atomic mass is 35.5. The fourth-order valence-corrected chi connectivity index (χ4v) is 2.39. The van der Waals surface area contributed by atoms with Gasteiger partial charge >= 0.3 is 0 Å². The van der Waals surface area contributed by atoms with Gasteiger partial charge in [0.05, 0.1) is 13.0 Å². The number of carbonyl (C=O) groups excluding carboxylic acids is 1. The molecule has 0 spiro atoms. The number of anilines is 1. The molecular formula is C18H25Cl2N3O2. The van der Waals surface area contributed by atoms with Crippen molar-refractivity contribution in [3.63, 3.8) is 0 Å². The highest BCUT2D eigenvalue weighted by Crippen LogP contribution is 2.19. The lowest BCUT2D eigenvalue weighted by Crippen LogP contribution is -2.31. The number of hydrogen-bond acceptors (Lipinski definition) is 4. The molecule has 0 saturated heterocycles. The van der Waals surface area contributed by atoms with Gasteiger partial charge in [-0.2, -0.15) is 0 Å². The number of halogens is 2. The van der Waals surface area contributed by atoms with Gasteiger partial charge in [-0.25, -0.2) is 0 Å². The van der Waals surface area contributed by atoms with Gasteiger partial charge in [0, 0.05) is 24.3 Å². The van der Waals surface area contributed by atoms with Crippen molar-refractivity contribution in [3.8, 4) is 5.75 Å². The van der Waals surface area contributed by atoms with Crippen molar-refractivity contribution in [1.29, 1.82) is 0 Å². The summed E-state index contributed by atoms with van der Waals surface area (Å²) in [4.78, 5) is 11.2. The van der Waals surface area contributed by atoms with E-state index in [9.17, 15) is 4.79 Å². The van der Waals surface area contributed by atoms with Crippen LogP contribution in [0.15, 0.2) is 48.5 Å². The van der Waals surface area contributed by atoms with E-state index in [-0.39, 0.29) is 43.2 Å². The Morgan fingerprint density at radius 3 is 2.32 bits per heavy atom. The van der Waals surface area contributed by atoms with Gasteiger partial charge in [0.2, 0.25) is 5.91 Å². The largest absolute Gasteiger partial charge is 0.496 e. The predicted molar refractivity (Wildman–Crippen MR) is 107 cm³/mol. The Labute approximate surface area is 160 Å². The van der Waals surface area contributed by atoms with Crippen molar-refractivity contribution < 1.29 is 9.53 Å². The second-order valence-electron chi connectivity index (χ2n) is 5.40. The van der Waals surface area contributed by atoms with Crippen LogP contribution in [0, 0.1) is 5.92 Å². The molecule has 1 unspecified atom stereocenters. The average molecular weight is 386 g/mol. The fourth-order valence-electron chi connectivity index (χ4n) is 2.39. The highest BCUT2D eigenvalue weighted by molar-refractivity contribution is 5.85. The lowest BCUT2D eigenvalue weighted by Gasteiger charge is -2.12. The molecule has 2 aromatic rings. The fraction of sp³-hybridized carbons (Fsp3) is 0.278. The number of rotatable bonds is 8. The summed E-state index contributed by atoms with van der Waals surface area (Å²) < 4.78 is 5.34. The van der Waals surface area contributed by atoms with Gasteiger partial charge in [-0.3, -0.25) is 4.79 Å². The van der Waals surface area contributed by atoms with E-state index in [4.69, 9.17) is 16.2 Å². The molecule has 5 N–H and O–H groups in total. The summed E-state index contributed by atoms with van der Waals surface area (Å²) in [6.45, 7) is 0.944. The molecule has 2 aromatic carbocycles. The van der Waals surface area contributed by atoms with Crippen molar-refractivity contribution >= 4 is 36.4 Å². The summed E-state index contributed by atoms with van der Waals surface area (Å²) >= 11 is 0. The van der Waals surface area contributed by atoms with Gasteiger partial charge in [0.25, 0.3) is 0 Å². The van der Waals surface area contributed by atoms with Crippen LogP contribution in [0.3, 0.4) is 0 Å². The molecule has 5 nitrogen and oxygen atoms in total. The summed E-state index contributed by atoms with van der Waals surface area (Å²) in [5, 5.41) is 3.36. The van der Waals surface area contributed by atoms with Crippen LogP contribution in [0.4, 0.5) is 5.69 Å². The molecule has 0 fully saturated rings. The molecule has 1 amide bonds. The van der Waals surface area contributed by atoms with Crippen molar-refractivity contribution in [3.05, 3.63) is 59.7 Å². The molecule has 7 heteroatoms. The topological polar surface area (TPSA) is 90.4 Å². The number of methoxy groups -OCH3 is 1. The number of primary amides is 1. The van der Waals surface area contributed by atoms with E-state index in [1.54, 1.807) is 7.11 Å². The minimum atomic E-state index is -0.356. The van der Waals surface area contributed by atoms with Crippen molar-refractivity contribution in [2.45, 2.75) is 13.0 Å². The minimum absolute atomic E-state index is 0. The van der Waals surface area contributed by atoms with E-state index in [0.717, 1.165) is 22.6 Å². The molecule has 0 saturated carbocycles. The summed E-state index contributed by atoms with van der Waals surface area (Å²) in [5.74, 6) is 0.192. The maximum atomic E-state index is 11.2. The Balaban J connectivity index is 0.00000288. The summed E-state index contributed by atoms with van der Waals surface area (Å²) in [5.41, 5.74) is 14.0. The van der Waals surface area contributed by atoms with Crippen LogP contribution in [-0.2, 0) is 17.8 Å². The standard InChI is InChI=1S/C18H23N3O2.2ClH/c1-23-17-5-3-2-4-14(17)12-21-16-8-6-13(7-9-16)10-15(11-19)18(20)22;;/h2-9,15,21H,10-12,19H2,1H3,(H2,20,22);2*1H. The first-order chi connectivity index (χ1) is 11.1. The predicted octanol–water partition coefficient (Wildman–Crippen LogP) is 2.75. The number of nitrogens with two attached hydrogens (primary N) is 2. The molecule has 0 aromatic heterocycles. The molecule has 1 atom stereocenters. The number of para-hydroxylation sites is 1. The second kappa shape index (κ2) is 11.6. The summed E-state index contributed by atoms with van der Waals surface area (Å²) in [7, 11) is 1.67. The van der Waals surface area contributed by atoms with Gasteiger partial charge in [0.1, 0.15) is 5.75 Å². The van der Waals surface area contributed by atoms with E-state index >= 15 is 0 Å². The molecule has 2 rings (SSSR count). The van der Waals surface area contributed by atoms with Crippen LogP contribution in [0.2, 0.25) is 0 Å². The van der Waals surface area contributed by atoms with Gasteiger partial charge in [-0.15, -0.1) is 24.8 Å². The van der Waals surface area contributed by atoms with Crippen LogP contribution in [0.5, 0.6) is 5.75 Å². The lowest BCUT2D eigenvalue weighted by atomic mass is 9.99. The molecular weight excluding hydrogens is 361 g/mol. The minimum Gasteiger partial charge on any atom is -0.496 e. The van der Waals surface area contributed by atoms with E-state index in [1.807, 2.05) is 48.5 Å². The van der Waals surface area contributed by atoms with E-state index < -0.39 is 0 Å². The van der Waals surface area contributed by atoms with Crippen molar-refractivity contribution in [2.24, 2.45) is 17.4 Å². The third-order valence-corrected chi connectivity index (χ3v) is 3.80. The number of benzene rings is 2. The summed E-state index contributed by atoms with van der Waals surface area (Å²) in [6, 6.07) is 15.8. The molecule has 0 heterocycles. The number of hydrogen-bond donors (Lipinski definition) is 3. The molecule has 25 heavy (non-hydrogen) atoms. The molecule has 138 valence electrons. The lowest BCUT2D eigenvalue weighted by molar-refractivity contribution is -0.121. The van der Waals surface area contributed by atoms with Crippen LogP contribution < -0.4 is 21.5 Å². The first-order valence-electron chi connectivity index (χ1n) is 7.58. The Morgan fingerprint density at radius 1 is 1.12 bits per heavy atom. The van der Waals surface area contributed by atoms with Gasteiger partial charge in [-0.1, -0.05) is 30.3 Å². The Kier molecular flexibility index (Phi) is 10.7. The summed E-state index contributed by atoms with van der Waals surface area (Å²) in [6.07, 6.45) is 0.568. The third-order valence-electron chi connectivity index (χ3n) is 3.80. The first-order valence-corrected chi connectivity index (χ1v) is 7.58. The Hall–Kier alpha value is -1.95.